The first-order valence-electron chi connectivity index (χ1n) is 5.41. The highest BCUT2D eigenvalue weighted by molar-refractivity contribution is 6.31. The number of anilines is 1. The minimum Gasteiger partial charge on any atom is -0.399 e. The molecule has 0 saturated carbocycles. The molecule has 1 aliphatic rings. The molecule has 92 valence electrons. The highest BCUT2D eigenvalue weighted by Gasteiger charge is 2.33. The van der Waals surface area contributed by atoms with E-state index in [-0.39, 0.29) is 11.3 Å². The number of halogens is 1. The maximum atomic E-state index is 11.9. The summed E-state index contributed by atoms with van der Waals surface area (Å²) in [6.07, 6.45) is 0. The summed E-state index contributed by atoms with van der Waals surface area (Å²) in [6.45, 7) is 4.04. The molecule has 1 fully saturated rings. The summed E-state index contributed by atoms with van der Waals surface area (Å²) in [4.78, 5) is 11.9. The average molecular weight is 255 g/mol. The normalized spacial score (nSPS) is 17.3. The minimum absolute atomic E-state index is 0.0553. The second kappa shape index (κ2) is 4.55. The van der Waals surface area contributed by atoms with Crippen LogP contribution in [0.3, 0.4) is 0 Å². The van der Waals surface area contributed by atoms with Crippen LogP contribution in [0.15, 0.2) is 18.2 Å². The fourth-order valence-corrected chi connectivity index (χ4v) is 1.94. The molecule has 0 bridgehead atoms. The lowest BCUT2D eigenvalue weighted by Gasteiger charge is -2.38. The number of hydrogen-bond acceptors (Lipinski definition) is 3. The first-order valence-corrected chi connectivity index (χ1v) is 5.78. The second-order valence-electron chi connectivity index (χ2n) is 4.76. The molecule has 4 nitrogen and oxygen atoms in total. The van der Waals surface area contributed by atoms with Gasteiger partial charge in [0.1, 0.15) is 0 Å². The topological polar surface area (TPSA) is 64.4 Å². The number of hydrogen-bond donors (Lipinski definition) is 2. The molecule has 0 unspecified atom stereocenters. The largest absolute Gasteiger partial charge is 0.399 e. The zero-order valence-corrected chi connectivity index (χ0v) is 10.4. The second-order valence-corrected chi connectivity index (χ2v) is 5.20. The number of carbonyl (C=O) groups excluding carboxylic acids is 1. The molecule has 5 heteroatoms. The third-order valence-corrected chi connectivity index (χ3v) is 2.98. The van der Waals surface area contributed by atoms with Crippen LogP contribution in [-0.4, -0.2) is 25.7 Å². The molecule has 1 aliphatic heterocycles. The molecular weight excluding hydrogens is 240 g/mol. The molecule has 3 N–H and O–H groups in total. The van der Waals surface area contributed by atoms with Crippen LogP contribution in [0.2, 0.25) is 5.02 Å². The highest BCUT2D eigenvalue weighted by atomic mass is 35.5. The van der Waals surface area contributed by atoms with Gasteiger partial charge in [0, 0.05) is 28.2 Å². The molecule has 0 atom stereocenters. The number of benzene rings is 1. The number of nitrogens with two attached hydrogens (primary N) is 1. The zero-order chi connectivity index (χ0) is 12.5. The van der Waals surface area contributed by atoms with Gasteiger partial charge in [-0.3, -0.25) is 4.79 Å². The minimum atomic E-state index is -0.160. The van der Waals surface area contributed by atoms with E-state index in [4.69, 9.17) is 22.1 Å². The quantitative estimate of drug-likeness (QED) is 0.807. The first-order chi connectivity index (χ1) is 7.98. The van der Waals surface area contributed by atoms with Crippen molar-refractivity contribution in [1.29, 1.82) is 0 Å². The molecule has 0 radical (unpaired) electrons. The molecule has 1 heterocycles. The Morgan fingerprint density at radius 3 is 2.76 bits per heavy atom. The van der Waals surface area contributed by atoms with E-state index in [0.717, 1.165) is 0 Å². The Morgan fingerprint density at radius 2 is 2.24 bits per heavy atom. The van der Waals surface area contributed by atoms with E-state index in [0.29, 0.717) is 36.0 Å². The SMILES string of the molecule is CC1(CNC(=O)c2cc(N)cc(Cl)c2)COC1. The molecule has 1 aromatic rings. The third kappa shape index (κ3) is 2.90. The number of amides is 1. The van der Waals surface area contributed by atoms with Crippen molar-refractivity contribution in [3.63, 3.8) is 0 Å². The van der Waals surface area contributed by atoms with Crippen LogP contribution in [0.4, 0.5) is 5.69 Å². The lowest BCUT2D eigenvalue weighted by molar-refractivity contribution is -0.0978. The van der Waals surface area contributed by atoms with Crippen molar-refractivity contribution in [3.8, 4) is 0 Å². The fourth-order valence-electron chi connectivity index (χ4n) is 1.69. The van der Waals surface area contributed by atoms with Gasteiger partial charge in [0.05, 0.1) is 13.2 Å². The molecule has 1 amide bonds. The summed E-state index contributed by atoms with van der Waals surface area (Å²) in [7, 11) is 0. The maximum Gasteiger partial charge on any atom is 0.251 e. The van der Waals surface area contributed by atoms with E-state index in [1.165, 1.54) is 0 Å². The molecule has 1 aromatic carbocycles. The average Bonchev–Trinajstić information content (AvgIpc) is 2.22. The summed E-state index contributed by atoms with van der Waals surface area (Å²) < 4.78 is 5.12. The fraction of sp³-hybridized carbons (Fsp3) is 0.417. The van der Waals surface area contributed by atoms with Crippen molar-refractivity contribution in [2.24, 2.45) is 5.41 Å². The van der Waals surface area contributed by atoms with Crippen LogP contribution in [0, 0.1) is 5.41 Å². The van der Waals surface area contributed by atoms with Gasteiger partial charge in [0.25, 0.3) is 5.91 Å². The van der Waals surface area contributed by atoms with Crippen molar-refractivity contribution in [2.75, 3.05) is 25.5 Å². The molecule has 0 aromatic heterocycles. The van der Waals surface area contributed by atoms with Gasteiger partial charge in [-0.05, 0) is 18.2 Å². The van der Waals surface area contributed by atoms with Gasteiger partial charge in [-0.2, -0.15) is 0 Å². The van der Waals surface area contributed by atoms with E-state index in [1.807, 2.05) is 0 Å². The first kappa shape index (κ1) is 12.2. The molecule has 0 aliphatic carbocycles. The van der Waals surface area contributed by atoms with Gasteiger partial charge < -0.3 is 15.8 Å². The molecular formula is C12H15ClN2O2. The third-order valence-electron chi connectivity index (χ3n) is 2.76. The van der Waals surface area contributed by atoms with Crippen LogP contribution in [0.1, 0.15) is 17.3 Å². The highest BCUT2D eigenvalue weighted by Crippen LogP contribution is 2.25. The van der Waals surface area contributed by atoms with E-state index < -0.39 is 0 Å². The monoisotopic (exact) mass is 254 g/mol. The smallest absolute Gasteiger partial charge is 0.251 e. The Morgan fingerprint density at radius 1 is 1.53 bits per heavy atom. The van der Waals surface area contributed by atoms with Gasteiger partial charge >= 0.3 is 0 Å². The predicted octanol–water partition coefficient (Wildman–Crippen LogP) is 1.69. The zero-order valence-electron chi connectivity index (χ0n) is 9.63. The van der Waals surface area contributed by atoms with Crippen molar-refractivity contribution >= 4 is 23.2 Å². The molecule has 1 saturated heterocycles. The van der Waals surface area contributed by atoms with E-state index in [1.54, 1.807) is 18.2 Å². The van der Waals surface area contributed by atoms with Crippen molar-refractivity contribution in [2.45, 2.75) is 6.92 Å². The van der Waals surface area contributed by atoms with Gasteiger partial charge in [-0.25, -0.2) is 0 Å². The maximum absolute atomic E-state index is 11.9. The lowest BCUT2D eigenvalue weighted by Crippen LogP contribution is -2.48. The number of ether oxygens (including phenoxy) is 1. The Kier molecular flexibility index (Phi) is 3.26. The molecule has 17 heavy (non-hydrogen) atoms. The summed E-state index contributed by atoms with van der Waals surface area (Å²) in [5, 5.41) is 3.33. The summed E-state index contributed by atoms with van der Waals surface area (Å²) in [5.74, 6) is -0.160. The van der Waals surface area contributed by atoms with Gasteiger partial charge in [-0.15, -0.1) is 0 Å². The Bertz CT molecular complexity index is 424. The lowest BCUT2D eigenvalue weighted by atomic mass is 9.88. The molecule has 0 spiro atoms. The van der Waals surface area contributed by atoms with Crippen LogP contribution in [0.25, 0.3) is 0 Å². The van der Waals surface area contributed by atoms with Crippen molar-refractivity contribution < 1.29 is 9.53 Å². The van der Waals surface area contributed by atoms with E-state index in [9.17, 15) is 4.79 Å². The van der Waals surface area contributed by atoms with Crippen LogP contribution in [-0.2, 0) is 4.74 Å². The van der Waals surface area contributed by atoms with Crippen molar-refractivity contribution in [3.05, 3.63) is 28.8 Å². The van der Waals surface area contributed by atoms with E-state index >= 15 is 0 Å². The number of rotatable bonds is 3. The van der Waals surface area contributed by atoms with Crippen molar-refractivity contribution in [1.82, 2.24) is 5.32 Å². The van der Waals surface area contributed by atoms with Gasteiger partial charge in [0.2, 0.25) is 0 Å². The Balaban J connectivity index is 1.99. The number of carbonyl (C=O) groups is 1. The van der Waals surface area contributed by atoms with Crippen LogP contribution < -0.4 is 11.1 Å². The number of nitrogen functional groups attached to an aromatic ring is 1. The van der Waals surface area contributed by atoms with Crippen LogP contribution >= 0.6 is 11.6 Å². The Labute approximate surface area is 105 Å². The van der Waals surface area contributed by atoms with Gasteiger partial charge in [0.15, 0.2) is 0 Å². The van der Waals surface area contributed by atoms with E-state index in [2.05, 4.69) is 12.2 Å². The number of nitrogens with one attached hydrogen (secondary N) is 1. The predicted molar refractivity (Wildman–Crippen MR) is 67.1 cm³/mol. The van der Waals surface area contributed by atoms with Crippen LogP contribution in [0.5, 0.6) is 0 Å². The van der Waals surface area contributed by atoms with Gasteiger partial charge in [-0.1, -0.05) is 18.5 Å². The standard InChI is InChI=1S/C12H15ClN2O2/c1-12(6-17-7-12)5-15-11(16)8-2-9(13)4-10(14)3-8/h2-4H,5-7,14H2,1H3,(H,15,16). The summed E-state index contributed by atoms with van der Waals surface area (Å²) in [6, 6.07) is 4.83. The molecule has 2 rings (SSSR count). The summed E-state index contributed by atoms with van der Waals surface area (Å²) in [5.41, 5.74) is 6.66. The summed E-state index contributed by atoms with van der Waals surface area (Å²) >= 11 is 5.84. The Hall–Kier alpha value is -1.26.